The molecule has 0 aliphatic carbocycles. The average molecular weight is 400 g/mol. The fourth-order valence-corrected chi connectivity index (χ4v) is 3.51. The lowest BCUT2D eigenvalue weighted by atomic mass is 9.84. The molecule has 0 saturated carbocycles. The molecule has 1 heterocycles. The zero-order valence-electron chi connectivity index (χ0n) is 15.4. The maximum Gasteiger partial charge on any atom is 0.261 e. The van der Waals surface area contributed by atoms with E-state index in [0.717, 1.165) is 11.1 Å². The predicted molar refractivity (Wildman–Crippen MR) is 107 cm³/mol. The average Bonchev–Trinajstić information content (AvgIpc) is 2.64. The Morgan fingerprint density at radius 3 is 2.64 bits per heavy atom. The molecule has 0 amide bonds. The van der Waals surface area contributed by atoms with Crippen molar-refractivity contribution in [2.24, 2.45) is 7.05 Å². The van der Waals surface area contributed by atoms with E-state index in [0.29, 0.717) is 10.6 Å². The highest BCUT2D eigenvalue weighted by Gasteiger charge is 2.23. The molecular formula is C22H19ClFNO3. The lowest BCUT2D eigenvalue weighted by Crippen LogP contribution is -2.24. The Morgan fingerprint density at radius 2 is 1.96 bits per heavy atom. The van der Waals surface area contributed by atoms with E-state index in [9.17, 15) is 19.1 Å². The Balaban J connectivity index is 2.08. The number of pyridine rings is 1. The number of carbonyl (C=O) groups excluding carboxylic acids is 1. The van der Waals surface area contributed by atoms with Crippen LogP contribution in [0.25, 0.3) is 0 Å². The number of rotatable bonds is 5. The molecule has 1 N–H and O–H groups in total. The second-order valence-corrected chi connectivity index (χ2v) is 7.17. The summed E-state index contributed by atoms with van der Waals surface area (Å²) in [6.07, 6.45) is 1.56. The number of Topliss-reactive ketones (excluding diaryl/α,β-unsaturated/α-hetero) is 1. The summed E-state index contributed by atoms with van der Waals surface area (Å²) in [5.41, 5.74) is 1.88. The first-order chi connectivity index (χ1) is 13.3. The summed E-state index contributed by atoms with van der Waals surface area (Å²) >= 11 is 6.05. The fourth-order valence-electron chi connectivity index (χ4n) is 3.28. The van der Waals surface area contributed by atoms with E-state index in [1.807, 2.05) is 6.92 Å². The Hall–Kier alpha value is -2.92. The zero-order valence-corrected chi connectivity index (χ0v) is 16.2. The number of hydrogen-bond acceptors (Lipinski definition) is 3. The molecule has 0 bridgehead atoms. The summed E-state index contributed by atoms with van der Waals surface area (Å²) < 4.78 is 15.3. The Bertz CT molecular complexity index is 1110. The van der Waals surface area contributed by atoms with E-state index in [1.54, 1.807) is 43.6 Å². The van der Waals surface area contributed by atoms with Crippen LogP contribution in [-0.2, 0) is 7.05 Å². The van der Waals surface area contributed by atoms with Gasteiger partial charge in [-0.05, 0) is 60.0 Å². The van der Waals surface area contributed by atoms with Gasteiger partial charge in [-0.1, -0.05) is 23.7 Å². The molecular weight excluding hydrogens is 381 g/mol. The largest absolute Gasteiger partial charge is 0.505 e. The summed E-state index contributed by atoms with van der Waals surface area (Å²) in [7, 11) is 1.58. The van der Waals surface area contributed by atoms with E-state index in [4.69, 9.17) is 11.6 Å². The normalized spacial score (nSPS) is 12.0. The number of ketones is 1. The molecule has 2 aromatic carbocycles. The van der Waals surface area contributed by atoms with E-state index >= 15 is 0 Å². The van der Waals surface area contributed by atoms with Crippen molar-refractivity contribution in [2.75, 3.05) is 0 Å². The number of aromatic nitrogens is 1. The maximum atomic E-state index is 14.0. The van der Waals surface area contributed by atoms with Crippen LogP contribution in [0.15, 0.2) is 59.5 Å². The lowest BCUT2D eigenvalue weighted by molar-refractivity contribution is 0.0975. The van der Waals surface area contributed by atoms with Crippen LogP contribution in [-0.4, -0.2) is 15.5 Å². The van der Waals surface area contributed by atoms with E-state index in [1.165, 1.54) is 22.8 Å². The summed E-state index contributed by atoms with van der Waals surface area (Å²) in [6.45, 7) is 1.86. The van der Waals surface area contributed by atoms with Crippen LogP contribution >= 0.6 is 11.6 Å². The van der Waals surface area contributed by atoms with Crippen molar-refractivity contribution in [3.63, 3.8) is 0 Å². The van der Waals surface area contributed by atoms with Gasteiger partial charge in [0.25, 0.3) is 5.56 Å². The van der Waals surface area contributed by atoms with Gasteiger partial charge in [0.05, 0.1) is 5.56 Å². The number of phenolic OH excluding ortho intramolecular Hbond substituents is 1. The minimum absolute atomic E-state index is 0.0219. The third kappa shape index (κ3) is 3.99. The van der Waals surface area contributed by atoms with E-state index in [2.05, 4.69) is 0 Å². The maximum absolute atomic E-state index is 14.0. The molecule has 0 fully saturated rings. The number of benzene rings is 2. The van der Waals surface area contributed by atoms with Gasteiger partial charge >= 0.3 is 0 Å². The van der Waals surface area contributed by atoms with Crippen molar-refractivity contribution in [3.05, 3.63) is 98.2 Å². The summed E-state index contributed by atoms with van der Waals surface area (Å²) in [5, 5.41) is 10.1. The van der Waals surface area contributed by atoms with E-state index in [-0.39, 0.29) is 23.3 Å². The van der Waals surface area contributed by atoms with Gasteiger partial charge in [-0.2, -0.15) is 0 Å². The minimum atomic E-state index is -0.766. The molecule has 3 aromatic rings. The molecule has 1 unspecified atom stereocenters. The zero-order chi connectivity index (χ0) is 20.4. The molecule has 0 saturated heterocycles. The van der Waals surface area contributed by atoms with Gasteiger partial charge in [-0.15, -0.1) is 0 Å². The number of aryl methyl sites for hydroxylation is 2. The molecule has 28 heavy (non-hydrogen) atoms. The summed E-state index contributed by atoms with van der Waals surface area (Å²) in [4.78, 5) is 25.2. The van der Waals surface area contributed by atoms with Crippen LogP contribution in [0.4, 0.5) is 4.39 Å². The highest BCUT2D eigenvalue weighted by molar-refractivity contribution is 6.30. The lowest BCUT2D eigenvalue weighted by Gasteiger charge is -2.20. The smallest absolute Gasteiger partial charge is 0.261 e. The molecule has 4 nitrogen and oxygen atoms in total. The molecule has 0 aliphatic heterocycles. The molecule has 1 atom stereocenters. The van der Waals surface area contributed by atoms with Crippen molar-refractivity contribution in [1.82, 2.24) is 4.57 Å². The van der Waals surface area contributed by atoms with Crippen LogP contribution in [0.3, 0.4) is 0 Å². The van der Waals surface area contributed by atoms with Gasteiger partial charge in [0, 0.05) is 30.6 Å². The number of carbonyl (C=O) groups is 1. The Kier molecular flexibility index (Phi) is 5.66. The molecule has 0 spiro atoms. The van der Waals surface area contributed by atoms with Crippen LogP contribution < -0.4 is 5.56 Å². The highest BCUT2D eigenvalue weighted by Crippen LogP contribution is 2.34. The predicted octanol–water partition coefficient (Wildman–Crippen LogP) is 4.60. The summed E-state index contributed by atoms with van der Waals surface area (Å²) in [5.74, 6) is -2.06. The van der Waals surface area contributed by atoms with Crippen molar-refractivity contribution >= 4 is 17.4 Å². The number of aromatic hydroxyl groups is 1. The topological polar surface area (TPSA) is 59.3 Å². The van der Waals surface area contributed by atoms with Crippen LogP contribution in [0.2, 0.25) is 5.02 Å². The van der Waals surface area contributed by atoms with Crippen LogP contribution in [0.5, 0.6) is 5.75 Å². The van der Waals surface area contributed by atoms with Crippen molar-refractivity contribution < 1.29 is 14.3 Å². The van der Waals surface area contributed by atoms with Crippen LogP contribution in [0, 0.1) is 12.7 Å². The number of phenols is 1. The quantitative estimate of drug-likeness (QED) is 0.638. The minimum Gasteiger partial charge on any atom is -0.505 e. The second-order valence-electron chi connectivity index (χ2n) is 6.73. The third-order valence-electron chi connectivity index (χ3n) is 4.79. The number of nitrogens with zero attached hydrogens (tertiary/aromatic N) is 1. The number of halogens is 2. The highest BCUT2D eigenvalue weighted by atomic mass is 35.5. The molecule has 3 rings (SSSR count). The van der Waals surface area contributed by atoms with Gasteiger partial charge in [0.1, 0.15) is 0 Å². The molecule has 6 heteroatoms. The first-order valence-electron chi connectivity index (χ1n) is 8.71. The van der Waals surface area contributed by atoms with Crippen molar-refractivity contribution in [2.45, 2.75) is 19.3 Å². The van der Waals surface area contributed by atoms with E-state index < -0.39 is 17.5 Å². The van der Waals surface area contributed by atoms with Gasteiger partial charge in [-0.3, -0.25) is 9.59 Å². The fraction of sp³-hybridized carbons (Fsp3) is 0.182. The van der Waals surface area contributed by atoms with Gasteiger partial charge in [-0.25, -0.2) is 4.39 Å². The van der Waals surface area contributed by atoms with Crippen LogP contribution in [0.1, 0.15) is 39.4 Å². The Morgan fingerprint density at radius 1 is 1.21 bits per heavy atom. The van der Waals surface area contributed by atoms with Gasteiger partial charge in [0.15, 0.2) is 17.3 Å². The first-order valence-corrected chi connectivity index (χ1v) is 9.09. The standard InChI is InChI=1S/C22H19ClFNO3/c1-13-10-15(23)6-7-16(13)18(14-5-8-20(26)19(24)11-14)12-21(27)17-4-3-9-25(2)22(17)28/h3-11,18,26H,12H2,1-2H3. The Labute approximate surface area is 166 Å². The van der Waals surface area contributed by atoms with Gasteiger partial charge in [0.2, 0.25) is 0 Å². The summed E-state index contributed by atoms with van der Waals surface area (Å²) in [6, 6.07) is 12.5. The monoisotopic (exact) mass is 399 g/mol. The van der Waals surface area contributed by atoms with Crippen molar-refractivity contribution in [3.8, 4) is 5.75 Å². The number of hydrogen-bond donors (Lipinski definition) is 1. The molecule has 1 aromatic heterocycles. The molecule has 0 aliphatic rings. The first kappa shape index (κ1) is 19.8. The third-order valence-corrected chi connectivity index (χ3v) is 5.03. The van der Waals surface area contributed by atoms with Crippen molar-refractivity contribution in [1.29, 1.82) is 0 Å². The second kappa shape index (κ2) is 7.98. The van der Waals surface area contributed by atoms with Gasteiger partial charge < -0.3 is 9.67 Å². The molecule has 0 radical (unpaired) electrons. The molecule has 144 valence electrons. The SMILES string of the molecule is Cc1cc(Cl)ccc1C(CC(=O)c1cccn(C)c1=O)c1ccc(O)c(F)c1.